The number of hydrogen-bond acceptors (Lipinski definition) is 3. The van der Waals surface area contributed by atoms with E-state index in [9.17, 15) is 0 Å². The molecule has 0 aliphatic rings. The molecule has 1 heterocycles. The van der Waals surface area contributed by atoms with Crippen molar-refractivity contribution in [3.63, 3.8) is 0 Å². The summed E-state index contributed by atoms with van der Waals surface area (Å²) >= 11 is 12.3. The SMILES string of the molecule is COCc1cc(Cl)c2c(OC)ccc(Cl)c2n1. The first-order valence-electron chi connectivity index (χ1n) is 4.98. The van der Waals surface area contributed by atoms with E-state index in [1.165, 1.54) is 0 Å². The van der Waals surface area contributed by atoms with E-state index in [4.69, 9.17) is 32.7 Å². The first-order valence-corrected chi connectivity index (χ1v) is 5.73. The van der Waals surface area contributed by atoms with Crippen LogP contribution in [0.1, 0.15) is 5.69 Å². The summed E-state index contributed by atoms with van der Waals surface area (Å²) in [5, 5.41) is 1.82. The maximum atomic E-state index is 6.22. The summed E-state index contributed by atoms with van der Waals surface area (Å²) in [4.78, 5) is 4.41. The van der Waals surface area contributed by atoms with Gasteiger partial charge in [0, 0.05) is 7.11 Å². The Morgan fingerprint density at radius 2 is 1.94 bits per heavy atom. The molecule has 0 saturated heterocycles. The zero-order chi connectivity index (χ0) is 12.4. The molecule has 0 bridgehead atoms. The quantitative estimate of drug-likeness (QED) is 0.853. The van der Waals surface area contributed by atoms with Gasteiger partial charge in [0.25, 0.3) is 0 Å². The lowest BCUT2D eigenvalue weighted by Gasteiger charge is -2.10. The van der Waals surface area contributed by atoms with Crippen molar-refractivity contribution in [2.75, 3.05) is 14.2 Å². The molecular formula is C12H11Cl2NO2. The molecule has 0 radical (unpaired) electrons. The number of hydrogen-bond donors (Lipinski definition) is 0. The smallest absolute Gasteiger partial charge is 0.129 e. The van der Waals surface area contributed by atoms with Gasteiger partial charge in [0.15, 0.2) is 0 Å². The van der Waals surface area contributed by atoms with Crippen molar-refractivity contribution in [2.45, 2.75) is 6.61 Å². The number of ether oxygens (including phenoxy) is 2. The lowest BCUT2D eigenvalue weighted by Crippen LogP contribution is -1.95. The van der Waals surface area contributed by atoms with Gasteiger partial charge in [-0.15, -0.1) is 0 Å². The Balaban J connectivity index is 2.74. The molecule has 0 amide bonds. The van der Waals surface area contributed by atoms with Gasteiger partial charge in [0.05, 0.1) is 40.4 Å². The van der Waals surface area contributed by atoms with Crippen LogP contribution in [0.5, 0.6) is 5.75 Å². The van der Waals surface area contributed by atoms with Crippen LogP contribution in [0.2, 0.25) is 10.0 Å². The maximum absolute atomic E-state index is 6.22. The molecule has 5 heteroatoms. The molecule has 17 heavy (non-hydrogen) atoms. The first kappa shape index (κ1) is 12.4. The van der Waals surface area contributed by atoms with Crippen molar-refractivity contribution < 1.29 is 9.47 Å². The van der Waals surface area contributed by atoms with E-state index in [0.717, 1.165) is 11.1 Å². The minimum atomic E-state index is 0.392. The van der Waals surface area contributed by atoms with Gasteiger partial charge in [-0.1, -0.05) is 23.2 Å². The number of methoxy groups -OCH3 is 2. The third-order valence-corrected chi connectivity index (χ3v) is 2.99. The summed E-state index contributed by atoms with van der Waals surface area (Å²) in [6, 6.07) is 5.27. The first-order chi connectivity index (χ1) is 8.17. The Labute approximate surface area is 109 Å². The van der Waals surface area contributed by atoms with Gasteiger partial charge in [-0.05, 0) is 18.2 Å². The van der Waals surface area contributed by atoms with E-state index in [0.29, 0.717) is 27.9 Å². The van der Waals surface area contributed by atoms with Crippen molar-refractivity contribution in [1.82, 2.24) is 4.98 Å². The molecule has 3 nitrogen and oxygen atoms in total. The number of fused-ring (bicyclic) bond motifs is 1. The molecule has 0 aliphatic carbocycles. The summed E-state index contributed by atoms with van der Waals surface area (Å²) in [6.07, 6.45) is 0. The summed E-state index contributed by atoms with van der Waals surface area (Å²) in [5.74, 6) is 0.658. The van der Waals surface area contributed by atoms with Crippen molar-refractivity contribution in [3.05, 3.63) is 33.9 Å². The van der Waals surface area contributed by atoms with Crippen molar-refractivity contribution in [3.8, 4) is 5.75 Å². The summed E-state index contributed by atoms with van der Waals surface area (Å²) in [6.45, 7) is 0.392. The van der Waals surface area contributed by atoms with Crippen LogP contribution in [0, 0.1) is 0 Å². The van der Waals surface area contributed by atoms with E-state index in [1.807, 2.05) is 0 Å². The summed E-state index contributed by atoms with van der Waals surface area (Å²) < 4.78 is 10.3. The standard InChI is InChI=1S/C12H11Cl2NO2/c1-16-6-7-5-9(14)11-10(17-2)4-3-8(13)12(11)15-7/h3-5H,6H2,1-2H3. The molecule has 0 N–H and O–H groups in total. The van der Waals surface area contributed by atoms with Crippen LogP contribution in [-0.4, -0.2) is 19.2 Å². The van der Waals surface area contributed by atoms with Crippen LogP contribution in [0.25, 0.3) is 10.9 Å². The van der Waals surface area contributed by atoms with E-state index in [2.05, 4.69) is 4.98 Å². The van der Waals surface area contributed by atoms with Crippen LogP contribution in [0.15, 0.2) is 18.2 Å². The molecule has 90 valence electrons. The Hall–Kier alpha value is -1.03. The monoisotopic (exact) mass is 271 g/mol. The number of rotatable bonds is 3. The van der Waals surface area contributed by atoms with Crippen molar-refractivity contribution in [2.24, 2.45) is 0 Å². The molecule has 0 aliphatic heterocycles. The third-order valence-electron chi connectivity index (χ3n) is 2.39. The highest BCUT2D eigenvalue weighted by atomic mass is 35.5. The minimum Gasteiger partial charge on any atom is -0.496 e. The zero-order valence-electron chi connectivity index (χ0n) is 9.46. The Morgan fingerprint density at radius 3 is 2.59 bits per heavy atom. The second-order valence-corrected chi connectivity index (χ2v) is 4.32. The Kier molecular flexibility index (Phi) is 3.72. The number of benzene rings is 1. The van der Waals surface area contributed by atoms with E-state index in [1.54, 1.807) is 32.4 Å². The van der Waals surface area contributed by atoms with Gasteiger partial charge >= 0.3 is 0 Å². The van der Waals surface area contributed by atoms with Gasteiger partial charge in [-0.2, -0.15) is 0 Å². The fraction of sp³-hybridized carbons (Fsp3) is 0.250. The van der Waals surface area contributed by atoms with E-state index < -0.39 is 0 Å². The molecule has 1 aromatic heterocycles. The topological polar surface area (TPSA) is 31.4 Å². The molecule has 0 saturated carbocycles. The third kappa shape index (κ3) is 2.32. The maximum Gasteiger partial charge on any atom is 0.129 e. The second-order valence-electron chi connectivity index (χ2n) is 3.50. The zero-order valence-corrected chi connectivity index (χ0v) is 11.0. The average Bonchev–Trinajstić information content (AvgIpc) is 2.31. The van der Waals surface area contributed by atoms with Crippen molar-refractivity contribution in [1.29, 1.82) is 0 Å². The number of aromatic nitrogens is 1. The largest absolute Gasteiger partial charge is 0.496 e. The van der Waals surface area contributed by atoms with Gasteiger partial charge in [0.1, 0.15) is 5.75 Å². The second kappa shape index (κ2) is 5.08. The van der Waals surface area contributed by atoms with Crippen LogP contribution in [0.3, 0.4) is 0 Å². The van der Waals surface area contributed by atoms with Gasteiger partial charge < -0.3 is 9.47 Å². The minimum absolute atomic E-state index is 0.392. The number of nitrogens with zero attached hydrogens (tertiary/aromatic N) is 1. The van der Waals surface area contributed by atoms with Gasteiger partial charge in [-0.25, -0.2) is 4.98 Å². The molecule has 0 unspecified atom stereocenters. The predicted molar refractivity (Wildman–Crippen MR) is 69.0 cm³/mol. The summed E-state index contributed by atoms with van der Waals surface area (Å²) in [7, 11) is 3.19. The lowest BCUT2D eigenvalue weighted by molar-refractivity contribution is 0.182. The van der Waals surface area contributed by atoms with Crippen LogP contribution in [-0.2, 0) is 11.3 Å². The summed E-state index contributed by atoms with van der Waals surface area (Å²) in [5.41, 5.74) is 1.37. The predicted octanol–water partition coefficient (Wildman–Crippen LogP) is 3.70. The molecule has 0 atom stereocenters. The van der Waals surface area contributed by atoms with Crippen molar-refractivity contribution >= 4 is 34.1 Å². The Morgan fingerprint density at radius 1 is 1.18 bits per heavy atom. The van der Waals surface area contributed by atoms with E-state index in [-0.39, 0.29) is 0 Å². The molecule has 2 aromatic rings. The molecule has 0 spiro atoms. The molecule has 1 aromatic carbocycles. The number of pyridine rings is 1. The Bertz CT molecular complexity index is 558. The highest BCUT2D eigenvalue weighted by molar-refractivity contribution is 6.39. The highest BCUT2D eigenvalue weighted by Crippen LogP contribution is 2.35. The highest BCUT2D eigenvalue weighted by Gasteiger charge is 2.12. The van der Waals surface area contributed by atoms with E-state index >= 15 is 0 Å². The van der Waals surface area contributed by atoms with Crippen LogP contribution in [0.4, 0.5) is 0 Å². The van der Waals surface area contributed by atoms with Gasteiger partial charge in [-0.3, -0.25) is 0 Å². The van der Waals surface area contributed by atoms with Crippen LogP contribution >= 0.6 is 23.2 Å². The number of halogens is 2. The van der Waals surface area contributed by atoms with Gasteiger partial charge in [0.2, 0.25) is 0 Å². The fourth-order valence-electron chi connectivity index (χ4n) is 1.67. The van der Waals surface area contributed by atoms with Crippen LogP contribution < -0.4 is 4.74 Å². The molecular weight excluding hydrogens is 261 g/mol. The molecule has 0 fully saturated rings. The fourth-order valence-corrected chi connectivity index (χ4v) is 2.18. The normalized spacial score (nSPS) is 10.8. The average molecular weight is 272 g/mol. The molecule has 2 rings (SSSR count). The lowest BCUT2D eigenvalue weighted by atomic mass is 10.2.